The van der Waals surface area contributed by atoms with Crippen LogP contribution in [0.15, 0.2) is 0 Å². The molecule has 72 valence electrons. The van der Waals surface area contributed by atoms with Crippen molar-refractivity contribution in [2.75, 3.05) is 6.54 Å². The molecule has 0 saturated carbocycles. The van der Waals surface area contributed by atoms with Crippen LogP contribution in [-0.2, 0) is 4.79 Å². The molecule has 0 aliphatic carbocycles. The van der Waals surface area contributed by atoms with E-state index in [1.807, 2.05) is 0 Å². The molecular weight excluding hydrogens is 156 g/mol. The molecule has 1 fully saturated rings. The fourth-order valence-electron chi connectivity index (χ4n) is 0.934. The van der Waals surface area contributed by atoms with Crippen molar-refractivity contribution in [1.29, 1.82) is 0 Å². The number of aliphatic hydroxyl groups excluding tert-OH is 1. The zero-order chi connectivity index (χ0) is 9.56. The molecule has 0 bridgehead atoms. The summed E-state index contributed by atoms with van der Waals surface area (Å²) in [6.07, 6.45) is 1.30. The maximum Gasteiger partial charge on any atom is 0.234 e. The van der Waals surface area contributed by atoms with Gasteiger partial charge in [0.1, 0.15) is 0 Å². The van der Waals surface area contributed by atoms with Crippen molar-refractivity contribution >= 4 is 5.91 Å². The van der Waals surface area contributed by atoms with E-state index >= 15 is 0 Å². The Labute approximate surface area is 73.1 Å². The summed E-state index contributed by atoms with van der Waals surface area (Å²) in [5.41, 5.74) is 4.95. The van der Waals surface area contributed by atoms with Crippen LogP contribution in [0.2, 0.25) is 0 Å². The predicted octanol–water partition coefficient (Wildman–Crippen LogP) is -0.389. The van der Waals surface area contributed by atoms with E-state index in [0.29, 0.717) is 13.0 Å². The highest BCUT2D eigenvalue weighted by molar-refractivity contribution is 5.80. The van der Waals surface area contributed by atoms with E-state index < -0.39 is 6.10 Å². The van der Waals surface area contributed by atoms with Crippen molar-refractivity contribution in [3.05, 3.63) is 0 Å². The molecule has 4 N–H and O–H groups in total. The van der Waals surface area contributed by atoms with Crippen LogP contribution < -0.4 is 11.1 Å². The standard InChI is InChI=1S/C5H10N2O2.C3H8/c6-5(9)4-1-3(8)2-7-4;1-3-2/h3-4,7-8H,1-2H2,(H2,6,9);3H2,1-2H3. The lowest BCUT2D eigenvalue weighted by Crippen LogP contribution is -2.36. The smallest absolute Gasteiger partial charge is 0.234 e. The first-order valence-corrected chi connectivity index (χ1v) is 4.32. The quantitative estimate of drug-likeness (QED) is 0.507. The van der Waals surface area contributed by atoms with Crippen molar-refractivity contribution in [3.63, 3.8) is 0 Å². The van der Waals surface area contributed by atoms with Crippen molar-refractivity contribution in [2.24, 2.45) is 5.73 Å². The third-order valence-corrected chi connectivity index (χ3v) is 1.45. The second kappa shape index (κ2) is 5.97. The number of nitrogens with two attached hydrogens (primary N) is 1. The molecule has 2 unspecified atom stereocenters. The van der Waals surface area contributed by atoms with Gasteiger partial charge in [-0.15, -0.1) is 0 Å². The van der Waals surface area contributed by atoms with Crippen LogP contribution in [0.5, 0.6) is 0 Å². The summed E-state index contributed by atoms with van der Waals surface area (Å²) in [6, 6.07) is -0.319. The highest BCUT2D eigenvalue weighted by atomic mass is 16.3. The summed E-state index contributed by atoms with van der Waals surface area (Å²) in [5, 5.41) is 11.7. The molecule has 0 spiro atoms. The maximum absolute atomic E-state index is 10.4. The molecule has 1 aliphatic rings. The highest BCUT2D eigenvalue weighted by Gasteiger charge is 2.25. The molecule has 0 aromatic rings. The number of hydrogen-bond acceptors (Lipinski definition) is 3. The first kappa shape index (κ1) is 11.4. The van der Waals surface area contributed by atoms with E-state index in [1.54, 1.807) is 0 Å². The second-order valence-corrected chi connectivity index (χ2v) is 2.96. The van der Waals surface area contributed by atoms with Crippen molar-refractivity contribution < 1.29 is 9.90 Å². The normalized spacial score (nSPS) is 27.6. The number of amides is 1. The van der Waals surface area contributed by atoms with E-state index in [1.165, 1.54) is 6.42 Å². The third-order valence-electron chi connectivity index (χ3n) is 1.45. The van der Waals surface area contributed by atoms with Gasteiger partial charge in [-0.2, -0.15) is 0 Å². The van der Waals surface area contributed by atoms with E-state index in [-0.39, 0.29) is 11.9 Å². The lowest BCUT2D eigenvalue weighted by molar-refractivity contribution is -0.119. The number of hydrogen-bond donors (Lipinski definition) is 3. The first-order chi connectivity index (χ1) is 5.61. The van der Waals surface area contributed by atoms with Gasteiger partial charge in [0.2, 0.25) is 5.91 Å². The van der Waals surface area contributed by atoms with Gasteiger partial charge in [0.25, 0.3) is 0 Å². The second-order valence-electron chi connectivity index (χ2n) is 2.96. The molecular formula is C8H18N2O2. The monoisotopic (exact) mass is 174 g/mol. The Bertz CT molecular complexity index is 139. The van der Waals surface area contributed by atoms with Crippen LogP contribution in [0.4, 0.5) is 0 Å². The zero-order valence-electron chi connectivity index (χ0n) is 7.71. The van der Waals surface area contributed by atoms with Crippen molar-refractivity contribution in [3.8, 4) is 0 Å². The minimum atomic E-state index is -0.400. The lowest BCUT2D eigenvalue weighted by atomic mass is 10.2. The minimum absolute atomic E-state index is 0.319. The van der Waals surface area contributed by atoms with E-state index in [2.05, 4.69) is 19.2 Å². The minimum Gasteiger partial charge on any atom is -0.392 e. The van der Waals surface area contributed by atoms with Crippen molar-refractivity contribution in [1.82, 2.24) is 5.32 Å². The van der Waals surface area contributed by atoms with Gasteiger partial charge < -0.3 is 16.2 Å². The molecule has 2 atom stereocenters. The number of β-amino-alcohol motifs (C(OH)–C–C–N with tert-alkyl or cyclic N) is 1. The Morgan fingerprint density at radius 2 is 2.17 bits per heavy atom. The molecule has 1 amide bonds. The predicted molar refractivity (Wildman–Crippen MR) is 47.6 cm³/mol. The Morgan fingerprint density at radius 3 is 2.33 bits per heavy atom. The van der Waals surface area contributed by atoms with Gasteiger partial charge >= 0.3 is 0 Å². The van der Waals surface area contributed by atoms with Crippen LogP contribution in [-0.4, -0.2) is 29.7 Å². The van der Waals surface area contributed by atoms with Crippen LogP contribution >= 0.6 is 0 Å². The fourth-order valence-corrected chi connectivity index (χ4v) is 0.934. The van der Waals surface area contributed by atoms with Gasteiger partial charge in [-0.05, 0) is 6.42 Å². The fraction of sp³-hybridized carbons (Fsp3) is 0.875. The van der Waals surface area contributed by atoms with Crippen molar-refractivity contribution in [2.45, 2.75) is 38.8 Å². The average molecular weight is 174 g/mol. The van der Waals surface area contributed by atoms with Gasteiger partial charge in [0.15, 0.2) is 0 Å². The third kappa shape index (κ3) is 4.31. The Hall–Kier alpha value is -0.610. The summed E-state index contributed by atoms with van der Waals surface area (Å²) in [6.45, 7) is 4.73. The van der Waals surface area contributed by atoms with Gasteiger partial charge in [0.05, 0.1) is 12.1 Å². The summed E-state index contributed by atoms with van der Waals surface area (Å²) in [5.74, 6) is -0.383. The molecule has 0 aromatic carbocycles. The molecule has 4 heteroatoms. The Kier molecular flexibility index (Phi) is 5.66. The average Bonchev–Trinajstić information content (AvgIpc) is 2.37. The Balaban J connectivity index is 0.000000354. The molecule has 1 rings (SSSR count). The molecule has 0 radical (unpaired) electrons. The zero-order valence-corrected chi connectivity index (χ0v) is 7.71. The summed E-state index contributed by atoms with van der Waals surface area (Å²) in [7, 11) is 0. The number of primary amides is 1. The largest absolute Gasteiger partial charge is 0.392 e. The van der Waals surface area contributed by atoms with Gasteiger partial charge in [0, 0.05) is 6.54 Å². The molecule has 1 saturated heterocycles. The summed E-state index contributed by atoms with van der Waals surface area (Å²) in [4.78, 5) is 10.4. The topological polar surface area (TPSA) is 75.4 Å². The molecule has 1 heterocycles. The number of carbonyl (C=O) groups excluding carboxylic acids is 1. The summed E-state index contributed by atoms with van der Waals surface area (Å²) < 4.78 is 0. The SMILES string of the molecule is CCC.NC(=O)C1CC(O)CN1. The van der Waals surface area contributed by atoms with Gasteiger partial charge in [-0.1, -0.05) is 20.3 Å². The van der Waals surface area contributed by atoms with E-state index in [9.17, 15) is 4.79 Å². The lowest BCUT2D eigenvalue weighted by Gasteiger charge is -2.01. The van der Waals surface area contributed by atoms with Crippen LogP contribution in [0, 0.1) is 0 Å². The van der Waals surface area contributed by atoms with Crippen LogP contribution in [0.25, 0.3) is 0 Å². The highest BCUT2D eigenvalue weighted by Crippen LogP contribution is 2.04. The number of nitrogens with one attached hydrogen (secondary N) is 1. The number of aliphatic hydroxyl groups is 1. The van der Waals surface area contributed by atoms with E-state index in [0.717, 1.165) is 0 Å². The molecule has 0 aromatic heterocycles. The molecule has 12 heavy (non-hydrogen) atoms. The van der Waals surface area contributed by atoms with Gasteiger partial charge in [-0.3, -0.25) is 4.79 Å². The molecule has 1 aliphatic heterocycles. The molecule has 4 nitrogen and oxygen atoms in total. The summed E-state index contributed by atoms with van der Waals surface area (Å²) >= 11 is 0. The number of carbonyl (C=O) groups is 1. The Morgan fingerprint density at radius 1 is 1.67 bits per heavy atom. The van der Waals surface area contributed by atoms with Crippen LogP contribution in [0.3, 0.4) is 0 Å². The number of rotatable bonds is 1. The van der Waals surface area contributed by atoms with E-state index in [4.69, 9.17) is 10.8 Å². The van der Waals surface area contributed by atoms with Gasteiger partial charge in [-0.25, -0.2) is 0 Å². The van der Waals surface area contributed by atoms with Crippen LogP contribution in [0.1, 0.15) is 26.7 Å². The first-order valence-electron chi connectivity index (χ1n) is 4.32. The maximum atomic E-state index is 10.4.